The minimum Gasteiger partial charge on any atom is -0.497 e. The number of carbonyl (C=O) groups is 2. The van der Waals surface area contributed by atoms with Crippen LogP contribution in [0.15, 0.2) is 47.0 Å². The van der Waals surface area contributed by atoms with Crippen LogP contribution in [0.3, 0.4) is 0 Å². The zero-order valence-corrected chi connectivity index (χ0v) is 20.8. The first-order valence-corrected chi connectivity index (χ1v) is 11.7. The van der Waals surface area contributed by atoms with Gasteiger partial charge in [0.05, 0.1) is 19.2 Å². The van der Waals surface area contributed by atoms with Gasteiger partial charge in [-0.2, -0.15) is 5.10 Å². The summed E-state index contributed by atoms with van der Waals surface area (Å²) in [7, 11) is 2.93. The van der Waals surface area contributed by atoms with Gasteiger partial charge in [-0.25, -0.2) is 14.4 Å². The van der Waals surface area contributed by atoms with E-state index < -0.39 is 11.9 Å². The van der Waals surface area contributed by atoms with Gasteiger partial charge in [0.2, 0.25) is 6.41 Å². The zero-order valence-electron chi connectivity index (χ0n) is 20.0. The SMILES string of the molecule is COc1cc(OCCO)c(F)c(C(Nc2ccc(C=N)cc2)/C(=N/N(C)c2ncsc2C=O)NC=O)c1. The number of benzene rings is 2. The van der Waals surface area contributed by atoms with Gasteiger partial charge < -0.3 is 30.6 Å². The number of methoxy groups -OCH3 is 1. The molecule has 11 nitrogen and oxygen atoms in total. The van der Waals surface area contributed by atoms with E-state index in [0.717, 1.165) is 11.3 Å². The second-order valence-electron chi connectivity index (χ2n) is 7.37. The summed E-state index contributed by atoms with van der Waals surface area (Å²) in [5.74, 6) is -0.461. The number of nitrogens with zero attached hydrogens (tertiary/aromatic N) is 3. The minimum atomic E-state index is -1.09. The molecule has 1 heterocycles. The lowest BCUT2D eigenvalue weighted by Crippen LogP contribution is -2.36. The molecule has 0 bridgehead atoms. The van der Waals surface area contributed by atoms with E-state index in [4.69, 9.17) is 20.0 Å². The third-order valence-electron chi connectivity index (χ3n) is 5.05. The molecule has 2 aromatic carbocycles. The van der Waals surface area contributed by atoms with Crippen LogP contribution in [0.5, 0.6) is 11.5 Å². The Morgan fingerprint density at radius 3 is 2.70 bits per heavy atom. The second-order valence-corrected chi connectivity index (χ2v) is 8.26. The summed E-state index contributed by atoms with van der Waals surface area (Å²) in [4.78, 5) is 27.4. The molecule has 0 spiro atoms. The first-order chi connectivity index (χ1) is 17.9. The molecule has 0 aliphatic heterocycles. The lowest BCUT2D eigenvalue weighted by Gasteiger charge is -2.25. The summed E-state index contributed by atoms with van der Waals surface area (Å²) >= 11 is 1.12. The van der Waals surface area contributed by atoms with Crippen molar-refractivity contribution in [1.82, 2.24) is 10.3 Å². The molecule has 0 saturated carbocycles. The highest BCUT2D eigenvalue weighted by molar-refractivity contribution is 7.11. The van der Waals surface area contributed by atoms with Crippen molar-refractivity contribution in [3.05, 3.63) is 63.7 Å². The number of ether oxygens (including phenoxy) is 2. The first-order valence-electron chi connectivity index (χ1n) is 10.8. The van der Waals surface area contributed by atoms with Crippen LogP contribution in [-0.2, 0) is 4.79 Å². The first kappa shape index (κ1) is 27.2. The normalized spacial score (nSPS) is 11.8. The Bertz CT molecular complexity index is 1270. The fourth-order valence-electron chi connectivity index (χ4n) is 3.33. The topological polar surface area (TPSA) is 149 Å². The number of hydrogen-bond acceptors (Lipinski definition) is 11. The number of halogens is 1. The smallest absolute Gasteiger partial charge is 0.212 e. The van der Waals surface area contributed by atoms with Crippen LogP contribution < -0.4 is 25.1 Å². The maximum atomic E-state index is 15.7. The second kappa shape index (κ2) is 13.1. The Morgan fingerprint density at radius 2 is 2.08 bits per heavy atom. The number of thiazole rings is 1. The number of anilines is 2. The lowest BCUT2D eigenvalue weighted by molar-refractivity contribution is -0.108. The van der Waals surface area contributed by atoms with Crippen molar-refractivity contribution >= 4 is 47.6 Å². The van der Waals surface area contributed by atoms with Crippen molar-refractivity contribution in [2.45, 2.75) is 6.04 Å². The van der Waals surface area contributed by atoms with Crippen molar-refractivity contribution in [3.63, 3.8) is 0 Å². The molecule has 1 amide bonds. The van der Waals surface area contributed by atoms with Gasteiger partial charge in [-0.15, -0.1) is 11.3 Å². The minimum absolute atomic E-state index is 0.0128. The van der Waals surface area contributed by atoms with Crippen molar-refractivity contribution in [2.75, 3.05) is 37.7 Å². The van der Waals surface area contributed by atoms with E-state index in [2.05, 4.69) is 20.7 Å². The highest BCUT2D eigenvalue weighted by Gasteiger charge is 2.27. The summed E-state index contributed by atoms with van der Waals surface area (Å²) < 4.78 is 26.4. The molecule has 4 N–H and O–H groups in total. The van der Waals surface area contributed by atoms with Crippen LogP contribution in [0, 0.1) is 11.2 Å². The van der Waals surface area contributed by atoms with Gasteiger partial charge in [0, 0.05) is 30.6 Å². The third kappa shape index (κ3) is 6.65. The third-order valence-corrected chi connectivity index (χ3v) is 5.79. The molecule has 0 aliphatic carbocycles. The Labute approximate surface area is 216 Å². The summed E-state index contributed by atoms with van der Waals surface area (Å²) in [6.07, 6.45) is 2.21. The highest BCUT2D eigenvalue weighted by atomic mass is 32.1. The quantitative estimate of drug-likeness (QED) is 0.115. The number of nitrogens with one attached hydrogen (secondary N) is 3. The maximum Gasteiger partial charge on any atom is 0.212 e. The van der Waals surface area contributed by atoms with Crippen LogP contribution in [0.1, 0.15) is 26.8 Å². The molecule has 194 valence electrons. The van der Waals surface area contributed by atoms with E-state index in [1.165, 1.54) is 43.0 Å². The molecule has 0 saturated heterocycles. The number of aldehydes is 1. The fourth-order valence-corrected chi connectivity index (χ4v) is 3.94. The van der Waals surface area contributed by atoms with Crippen LogP contribution in [0.4, 0.5) is 15.9 Å². The molecule has 1 aromatic heterocycles. The molecule has 1 atom stereocenters. The molecule has 0 radical (unpaired) electrons. The maximum absolute atomic E-state index is 15.7. The molecule has 3 rings (SSSR count). The molecular weight excluding hydrogens is 503 g/mol. The van der Waals surface area contributed by atoms with Gasteiger partial charge in [0.25, 0.3) is 0 Å². The van der Waals surface area contributed by atoms with Crippen LogP contribution in [0.2, 0.25) is 0 Å². The summed E-state index contributed by atoms with van der Waals surface area (Å²) in [5.41, 5.74) is 2.67. The van der Waals surface area contributed by atoms with Gasteiger partial charge in [-0.05, 0) is 23.8 Å². The molecule has 1 unspecified atom stereocenters. The average Bonchev–Trinajstić information content (AvgIpc) is 3.41. The predicted octanol–water partition coefficient (Wildman–Crippen LogP) is 2.82. The van der Waals surface area contributed by atoms with Gasteiger partial charge in [-0.1, -0.05) is 12.1 Å². The monoisotopic (exact) mass is 528 g/mol. The number of aliphatic hydroxyl groups excluding tert-OH is 1. The Hall–Kier alpha value is -4.36. The van der Waals surface area contributed by atoms with E-state index in [1.807, 2.05) is 0 Å². The number of rotatable bonds is 13. The van der Waals surface area contributed by atoms with Crippen LogP contribution in [0.25, 0.3) is 0 Å². The molecule has 0 fully saturated rings. The number of amides is 1. The highest BCUT2D eigenvalue weighted by Crippen LogP contribution is 2.33. The Morgan fingerprint density at radius 1 is 1.32 bits per heavy atom. The van der Waals surface area contributed by atoms with Gasteiger partial charge >= 0.3 is 0 Å². The average molecular weight is 529 g/mol. The molecule has 0 aliphatic rings. The molecule has 3 aromatic rings. The summed E-state index contributed by atoms with van der Waals surface area (Å²) in [6, 6.07) is 8.41. The van der Waals surface area contributed by atoms with Crippen molar-refractivity contribution < 1.29 is 28.6 Å². The van der Waals surface area contributed by atoms with E-state index in [0.29, 0.717) is 28.8 Å². The Kier molecular flexibility index (Phi) is 9.63. The molecule has 37 heavy (non-hydrogen) atoms. The van der Waals surface area contributed by atoms with Gasteiger partial charge in [0.15, 0.2) is 29.5 Å². The Balaban J connectivity index is 2.17. The van der Waals surface area contributed by atoms with E-state index in [-0.39, 0.29) is 41.9 Å². The van der Waals surface area contributed by atoms with Crippen LogP contribution >= 0.6 is 11.3 Å². The van der Waals surface area contributed by atoms with Crippen molar-refractivity contribution in [1.29, 1.82) is 5.41 Å². The number of hydrazone groups is 1. The van der Waals surface area contributed by atoms with E-state index >= 15 is 4.39 Å². The van der Waals surface area contributed by atoms with E-state index in [1.54, 1.807) is 24.3 Å². The largest absolute Gasteiger partial charge is 0.497 e. The summed E-state index contributed by atoms with van der Waals surface area (Å²) in [5, 5.41) is 27.9. The van der Waals surface area contributed by atoms with Crippen molar-refractivity contribution in [2.24, 2.45) is 5.10 Å². The number of hydrogen-bond donors (Lipinski definition) is 4. The number of amidine groups is 1. The zero-order chi connectivity index (χ0) is 26.8. The standard InChI is InChI=1S/C24H25FN6O5S/c1-31(24-20(12-33)37-14-28-24)30-23(27-13-34)22(29-16-5-3-15(11-26)4-6-16)18-9-17(35-2)10-19(21(18)25)36-8-7-32/h3-6,9-14,22,26,29,32H,7-8H2,1-2H3,(H,27,30,34). The van der Waals surface area contributed by atoms with Gasteiger partial charge in [-0.3, -0.25) is 9.59 Å². The van der Waals surface area contributed by atoms with Crippen LogP contribution in [-0.4, -0.2) is 62.2 Å². The predicted molar refractivity (Wildman–Crippen MR) is 139 cm³/mol. The molecular formula is C24H25FN6O5S. The fraction of sp³-hybridized carbons (Fsp3) is 0.208. The number of aromatic nitrogens is 1. The number of carbonyl (C=O) groups excluding carboxylic acids is 2. The van der Waals surface area contributed by atoms with Crippen molar-refractivity contribution in [3.8, 4) is 11.5 Å². The van der Waals surface area contributed by atoms with Gasteiger partial charge in [0.1, 0.15) is 23.3 Å². The summed E-state index contributed by atoms with van der Waals surface area (Å²) in [6.45, 7) is -0.481. The van der Waals surface area contributed by atoms with E-state index in [9.17, 15) is 9.59 Å². The molecule has 13 heteroatoms. The lowest BCUT2D eigenvalue weighted by atomic mass is 10.0. The number of aliphatic hydroxyl groups is 1.